The van der Waals surface area contributed by atoms with Crippen LogP contribution in [-0.4, -0.2) is 16.1 Å². The third-order valence-corrected chi connectivity index (χ3v) is 3.58. The largest absolute Gasteiger partial charge is 0.460 e. The standard InChI is InChI=1S/C11H12INO4/c1-2-11(16)4-9(14)17-5-6-7(11)3-8(12)13-10(6)15/h3,16H,2,4-5H2,1H3,(H,13,15)/t11-/m1/s1. The van der Waals surface area contributed by atoms with Crippen LogP contribution < -0.4 is 5.56 Å². The van der Waals surface area contributed by atoms with E-state index in [9.17, 15) is 14.7 Å². The average Bonchev–Trinajstić information content (AvgIpc) is 2.38. The van der Waals surface area contributed by atoms with E-state index in [-0.39, 0.29) is 18.6 Å². The molecule has 1 aliphatic heterocycles. The molecule has 5 nitrogen and oxygen atoms in total. The van der Waals surface area contributed by atoms with Gasteiger partial charge in [-0.3, -0.25) is 9.59 Å². The Morgan fingerprint density at radius 3 is 2.94 bits per heavy atom. The quantitative estimate of drug-likeness (QED) is 0.451. The maximum absolute atomic E-state index is 11.8. The second kappa shape index (κ2) is 4.41. The van der Waals surface area contributed by atoms with Crippen LogP contribution in [-0.2, 0) is 21.7 Å². The zero-order valence-corrected chi connectivity index (χ0v) is 11.4. The van der Waals surface area contributed by atoms with Crippen LogP contribution in [0.4, 0.5) is 0 Å². The highest BCUT2D eigenvalue weighted by Crippen LogP contribution is 2.33. The number of rotatable bonds is 1. The normalized spacial score (nSPS) is 23.8. The number of aliphatic hydroxyl groups is 1. The first-order valence-electron chi connectivity index (χ1n) is 5.26. The van der Waals surface area contributed by atoms with E-state index < -0.39 is 11.6 Å². The van der Waals surface area contributed by atoms with Crippen molar-refractivity contribution in [2.24, 2.45) is 0 Å². The zero-order chi connectivity index (χ0) is 12.6. The number of aromatic nitrogens is 1. The molecular formula is C11H12INO4. The van der Waals surface area contributed by atoms with Gasteiger partial charge in [0.15, 0.2) is 0 Å². The molecule has 0 saturated heterocycles. The van der Waals surface area contributed by atoms with Crippen LogP contribution in [0.3, 0.4) is 0 Å². The molecule has 0 radical (unpaired) electrons. The van der Waals surface area contributed by atoms with Gasteiger partial charge in [0.1, 0.15) is 12.2 Å². The summed E-state index contributed by atoms with van der Waals surface area (Å²) in [6.45, 7) is 1.69. The summed E-state index contributed by atoms with van der Waals surface area (Å²) in [7, 11) is 0. The summed E-state index contributed by atoms with van der Waals surface area (Å²) in [6, 6.07) is 1.70. The molecule has 0 bridgehead atoms. The van der Waals surface area contributed by atoms with Crippen molar-refractivity contribution in [1.82, 2.24) is 4.98 Å². The number of hydrogen-bond acceptors (Lipinski definition) is 4. The van der Waals surface area contributed by atoms with Crippen molar-refractivity contribution < 1.29 is 14.6 Å². The molecule has 0 unspecified atom stereocenters. The second-order valence-corrected chi connectivity index (χ2v) is 5.22. The van der Waals surface area contributed by atoms with E-state index >= 15 is 0 Å². The maximum atomic E-state index is 11.8. The number of esters is 1. The number of fused-ring (bicyclic) bond motifs is 1. The molecule has 2 rings (SSSR count). The van der Waals surface area contributed by atoms with E-state index in [0.29, 0.717) is 21.2 Å². The maximum Gasteiger partial charge on any atom is 0.309 e. The third kappa shape index (κ3) is 2.23. The summed E-state index contributed by atoms with van der Waals surface area (Å²) in [5, 5.41) is 10.5. The third-order valence-electron chi connectivity index (χ3n) is 3.00. The van der Waals surface area contributed by atoms with Crippen LogP contribution in [0.1, 0.15) is 30.9 Å². The minimum atomic E-state index is -1.31. The van der Waals surface area contributed by atoms with E-state index in [4.69, 9.17) is 4.74 Å². The van der Waals surface area contributed by atoms with Crippen LogP contribution in [0.15, 0.2) is 10.9 Å². The van der Waals surface area contributed by atoms with Crippen LogP contribution in [0.5, 0.6) is 0 Å². The van der Waals surface area contributed by atoms with Crippen LogP contribution in [0.2, 0.25) is 0 Å². The van der Waals surface area contributed by atoms with Crippen LogP contribution in [0.25, 0.3) is 0 Å². The van der Waals surface area contributed by atoms with E-state index in [1.807, 2.05) is 22.6 Å². The Kier molecular flexibility index (Phi) is 3.26. The summed E-state index contributed by atoms with van der Waals surface area (Å²) in [5.41, 5.74) is -0.787. The molecule has 17 heavy (non-hydrogen) atoms. The molecule has 2 N–H and O–H groups in total. The second-order valence-electron chi connectivity index (χ2n) is 4.06. The van der Waals surface area contributed by atoms with Gasteiger partial charge in [-0.2, -0.15) is 0 Å². The minimum absolute atomic E-state index is 0.0806. The molecule has 0 fully saturated rings. The Morgan fingerprint density at radius 1 is 1.59 bits per heavy atom. The topological polar surface area (TPSA) is 79.4 Å². The Bertz CT molecular complexity index is 525. The van der Waals surface area contributed by atoms with Gasteiger partial charge >= 0.3 is 5.97 Å². The van der Waals surface area contributed by atoms with Crippen LogP contribution >= 0.6 is 22.6 Å². The molecule has 6 heteroatoms. The zero-order valence-electron chi connectivity index (χ0n) is 9.25. The highest BCUT2D eigenvalue weighted by molar-refractivity contribution is 14.1. The lowest BCUT2D eigenvalue weighted by Gasteiger charge is -2.25. The van der Waals surface area contributed by atoms with E-state index in [1.165, 1.54) is 0 Å². The number of carbonyl (C=O) groups excluding carboxylic acids is 1. The smallest absolute Gasteiger partial charge is 0.309 e. The molecule has 0 aliphatic carbocycles. The molecule has 0 aromatic carbocycles. The van der Waals surface area contributed by atoms with Gasteiger partial charge in [0, 0.05) is 0 Å². The molecule has 1 aliphatic rings. The molecule has 0 saturated carbocycles. The first kappa shape index (κ1) is 12.6. The number of hydrogen-bond donors (Lipinski definition) is 2. The fourth-order valence-corrected chi connectivity index (χ4v) is 2.52. The Hall–Kier alpha value is -0.890. The van der Waals surface area contributed by atoms with Crippen molar-refractivity contribution >= 4 is 28.6 Å². The number of cyclic esters (lactones) is 1. The van der Waals surface area contributed by atoms with Crippen molar-refractivity contribution in [3.05, 3.63) is 31.2 Å². The lowest BCUT2D eigenvalue weighted by Crippen LogP contribution is -2.30. The molecule has 2 heterocycles. The molecule has 0 amide bonds. The first-order valence-corrected chi connectivity index (χ1v) is 6.34. The number of ether oxygens (including phenoxy) is 1. The Balaban J connectivity index is 2.68. The number of pyridine rings is 1. The number of H-pyrrole nitrogens is 1. The summed E-state index contributed by atoms with van der Waals surface area (Å²) >= 11 is 1.97. The number of carbonyl (C=O) groups is 1. The fraction of sp³-hybridized carbons (Fsp3) is 0.455. The van der Waals surface area contributed by atoms with Gasteiger partial charge in [-0.1, -0.05) is 6.92 Å². The minimum Gasteiger partial charge on any atom is -0.460 e. The van der Waals surface area contributed by atoms with E-state index in [2.05, 4.69) is 4.98 Å². The lowest BCUT2D eigenvalue weighted by molar-refractivity contribution is -0.149. The Morgan fingerprint density at radius 2 is 2.29 bits per heavy atom. The fourth-order valence-electron chi connectivity index (χ4n) is 1.97. The van der Waals surface area contributed by atoms with Crippen molar-refractivity contribution in [3.8, 4) is 0 Å². The molecule has 1 aromatic heterocycles. The van der Waals surface area contributed by atoms with E-state index in [1.54, 1.807) is 13.0 Å². The van der Waals surface area contributed by atoms with Gasteiger partial charge in [0.25, 0.3) is 5.56 Å². The van der Waals surface area contributed by atoms with Gasteiger partial charge in [-0.15, -0.1) is 0 Å². The monoisotopic (exact) mass is 349 g/mol. The lowest BCUT2D eigenvalue weighted by atomic mass is 9.86. The van der Waals surface area contributed by atoms with Crippen molar-refractivity contribution in [3.63, 3.8) is 0 Å². The van der Waals surface area contributed by atoms with Crippen molar-refractivity contribution in [1.29, 1.82) is 0 Å². The highest BCUT2D eigenvalue weighted by atomic mass is 127. The summed E-state index contributed by atoms with van der Waals surface area (Å²) in [4.78, 5) is 25.8. The summed E-state index contributed by atoms with van der Waals surface area (Å²) in [6.07, 6.45) is 0.241. The van der Waals surface area contributed by atoms with Gasteiger partial charge in [-0.25, -0.2) is 0 Å². The van der Waals surface area contributed by atoms with E-state index in [0.717, 1.165) is 0 Å². The van der Waals surface area contributed by atoms with Crippen LogP contribution in [0, 0.1) is 3.70 Å². The predicted molar refractivity (Wildman–Crippen MR) is 68.4 cm³/mol. The molecule has 0 spiro atoms. The molecule has 1 atom stereocenters. The number of halogens is 1. The Labute approximate surface area is 111 Å². The predicted octanol–water partition coefficient (Wildman–Crippen LogP) is 1.02. The highest BCUT2D eigenvalue weighted by Gasteiger charge is 2.37. The van der Waals surface area contributed by atoms with Crippen molar-refractivity contribution in [2.75, 3.05) is 0 Å². The summed E-state index contributed by atoms with van der Waals surface area (Å²) in [5.74, 6) is -0.486. The SMILES string of the molecule is CC[C@@]1(O)CC(=O)OCc2c1cc(I)[nH]c2=O. The van der Waals surface area contributed by atoms with Gasteiger partial charge in [0.2, 0.25) is 0 Å². The first-order chi connectivity index (χ1) is 7.96. The molecule has 92 valence electrons. The number of nitrogens with one attached hydrogen (secondary N) is 1. The molecule has 1 aromatic rings. The van der Waals surface area contributed by atoms with Crippen molar-refractivity contribution in [2.45, 2.75) is 32.0 Å². The van der Waals surface area contributed by atoms with Gasteiger partial charge in [-0.05, 0) is 40.6 Å². The average molecular weight is 349 g/mol. The number of aromatic amines is 1. The summed E-state index contributed by atoms with van der Waals surface area (Å²) < 4.78 is 5.56. The molecular weight excluding hydrogens is 337 g/mol. The van der Waals surface area contributed by atoms with Gasteiger partial charge in [0.05, 0.1) is 15.7 Å². The van der Waals surface area contributed by atoms with Gasteiger partial charge < -0.3 is 14.8 Å².